The van der Waals surface area contributed by atoms with E-state index in [2.05, 4.69) is 25.7 Å². The Bertz CT molecular complexity index is 1480. The normalized spacial score (nSPS) is 15.9. The van der Waals surface area contributed by atoms with Gasteiger partial charge < -0.3 is 29.1 Å². The molecule has 1 N–H and O–H groups in total. The first-order valence-electron chi connectivity index (χ1n) is 16.4. The van der Waals surface area contributed by atoms with Gasteiger partial charge in [-0.25, -0.2) is 0 Å². The van der Waals surface area contributed by atoms with Crippen molar-refractivity contribution in [1.82, 2.24) is 9.80 Å². The van der Waals surface area contributed by atoms with Gasteiger partial charge in [-0.1, -0.05) is 69.5 Å². The Labute approximate surface area is 273 Å². The molecule has 8 nitrogen and oxygen atoms in total. The van der Waals surface area contributed by atoms with Crippen LogP contribution in [0.3, 0.4) is 0 Å². The lowest BCUT2D eigenvalue weighted by molar-refractivity contribution is -0.140. The number of aliphatic hydroxyl groups is 1. The van der Waals surface area contributed by atoms with E-state index in [1.807, 2.05) is 43.3 Å². The van der Waals surface area contributed by atoms with Crippen molar-refractivity contribution < 1.29 is 28.9 Å². The summed E-state index contributed by atoms with van der Waals surface area (Å²) < 4.78 is 17.6. The molecule has 0 saturated carbocycles. The molecule has 1 unspecified atom stereocenters. The van der Waals surface area contributed by atoms with Crippen molar-refractivity contribution in [2.45, 2.75) is 66.0 Å². The molecule has 1 fully saturated rings. The van der Waals surface area contributed by atoms with E-state index >= 15 is 0 Å². The van der Waals surface area contributed by atoms with Crippen LogP contribution in [0.25, 0.3) is 5.76 Å². The van der Waals surface area contributed by atoms with Gasteiger partial charge in [0.15, 0.2) is 11.5 Å². The van der Waals surface area contributed by atoms with Gasteiger partial charge in [-0.15, -0.1) is 0 Å². The van der Waals surface area contributed by atoms with E-state index in [1.54, 1.807) is 42.3 Å². The molecule has 8 heteroatoms. The minimum Gasteiger partial charge on any atom is -0.507 e. The molecule has 0 bridgehead atoms. The van der Waals surface area contributed by atoms with Crippen LogP contribution in [0.2, 0.25) is 0 Å². The average Bonchev–Trinajstić information content (AvgIpc) is 3.33. The maximum absolute atomic E-state index is 13.6. The number of hydrogen-bond donors (Lipinski definition) is 1. The molecule has 1 saturated heterocycles. The summed E-state index contributed by atoms with van der Waals surface area (Å²) in [5.74, 6) is 0.190. The van der Waals surface area contributed by atoms with E-state index in [1.165, 1.54) is 5.56 Å². The number of unbranched alkanes of at least 4 members (excludes halogenated alkanes) is 2. The lowest BCUT2D eigenvalue weighted by Gasteiger charge is -2.27. The van der Waals surface area contributed by atoms with Gasteiger partial charge in [0.1, 0.15) is 18.1 Å². The lowest BCUT2D eigenvalue weighted by atomic mass is 9.95. The van der Waals surface area contributed by atoms with E-state index in [0.717, 1.165) is 44.5 Å². The van der Waals surface area contributed by atoms with E-state index < -0.39 is 17.7 Å². The number of aryl methyl sites for hydroxylation is 1. The molecule has 1 amide bonds. The Morgan fingerprint density at radius 2 is 1.59 bits per heavy atom. The molecule has 1 atom stereocenters. The number of Topliss-reactive ketones (excluding diaryl/α,β-unsaturated/α-hetero) is 1. The summed E-state index contributed by atoms with van der Waals surface area (Å²) in [6.45, 7) is 12.3. The van der Waals surface area contributed by atoms with Crippen LogP contribution in [0, 0.1) is 6.92 Å². The van der Waals surface area contributed by atoms with Crippen molar-refractivity contribution in [3.05, 3.63) is 94.6 Å². The van der Waals surface area contributed by atoms with Crippen molar-refractivity contribution in [1.29, 1.82) is 0 Å². The van der Waals surface area contributed by atoms with Gasteiger partial charge in [0, 0.05) is 12.1 Å². The van der Waals surface area contributed by atoms with Crippen LogP contribution in [-0.4, -0.2) is 66.5 Å². The highest BCUT2D eigenvalue weighted by Gasteiger charge is 2.46. The molecule has 1 heterocycles. The predicted molar refractivity (Wildman–Crippen MR) is 181 cm³/mol. The number of aliphatic hydroxyl groups excluding tert-OH is 1. The molecule has 0 aromatic heterocycles. The molecule has 0 spiro atoms. The van der Waals surface area contributed by atoms with Crippen LogP contribution in [0.5, 0.6) is 17.2 Å². The Hall–Kier alpha value is -4.30. The molecule has 1 aliphatic heterocycles. The largest absolute Gasteiger partial charge is 0.507 e. The summed E-state index contributed by atoms with van der Waals surface area (Å²) in [6, 6.07) is 19.7. The minimum atomic E-state index is -0.780. The van der Waals surface area contributed by atoms with E-state index in [4.69, 9.17) is 14.2 Å². The zero-order valence-electron chi connectivity index (χ0n) is 27.9. The SMILES string of the molecule is CCCCCOc1ccc(C2/C(=C(/O)c3ccc(OCc4ccc(C)cc4)cc3)C(=O)C(=O)N2CCCN(CC)CC)cc1OC. The Kier molecular flexibility index (Phi) is 12.7. The number of ketones is 1. The average molecular weight is 629 g/mol. The summed E-state index contributed by atoms with van der Waals surface area (Å²) in [6.07, 6.45) is 3.79. The zero-order chi connectivity index (χ0) is 33.1. The van der Waals surface area contributed by atoms with Crippen LogP contribution in [0.1, 0.15) is 74.8 Å². The molecule has 46 heavy (non-hydrogen) atoms. The smallest absolute Gasteiger partial charge is 0.295 e. The molecule has 0 aliphatic carbocycles. The number of rotatable bonds is 17. The van der Waals surface area contributed by atoms with E-state index in [0.29, 0.717) is 54.6 Å². The Balaban J connectivity index is 1.65. The van der Waals surface area contributed by atoms with Crippen LogP contribution in [0.15, 0.2) is 72.3 Å². The Morgan fingerprint density at radius 1 is 0.870 bits per heavy atom. The molecular weight excluding hydrogens is 580 g/mol. The number of ether oxygens (including phenoxy) is 3. The van der Waals surface area contributed by atoms with Gasteiger partial charge in [0.25, 0.3) is 11.7 Å². The van der Waals surface area contributed by atoms with Gasteiger partial charge in [-0.05, 0) is 86.9 Å². The number of hydrogen-bond acceptors (Lipinski definition) is 7. The van der Waals surface area contributed by atoms with Crippen LogP contribution < -0.4 is 14.2 Å². The number of carbonyl (C=O) groups excluding carboxylic acids is 2. The van der Waals surface area contributed by atoms with Gasteiger partial charge in [-0.3, -0.25) is 9.59 Å². The fourth-order valence-electron chi connectivity index (χ4n) is 5.68. The van der Waals surface area contributed by atoms with Crippen molar-refractivity contribution in [3.8, 4) is 17.2 Å². The highest BCUT2D eigenvalue weighted by molar-refractivity contribution is 6.46. The maximum Gasteiger partial charge on any atom is 0.295 e. The number of amides is 1. The summed E-state index contributed by atoms with van der Waals surface area (Å²) in [7, 11) is 1.57. The number of nitrogens with zero attached hydrogens (tertiary/aromatic N) is 2. The minimum absolute atomic E-state index is 0.0554. The number of benzene rings is 3. The van der Waals surface area contributed by atoms with Crippen LogP contribution in [0.4, 0.5) is 0 Å². The van der Waals surface area contributed by atoms with Gasteiger partial charge in [-0.2, -0.15) is 0 Å². The molecule has 0 radical (unpaired) electrons. The second-order valence-corrected chi connectivity index (χ2v) is 11.6. The van der Waals surface area contributed by atoms with Gasteiger partial charge in [0.2, 0.25) is 0 Å². The summed E-state index contributed by atoms with van der Waals surface area (Å²) >= 11 is 0. The van der Waals surface area contributed by atoms with Gasteiger partial charge >= 0.3 is 0 Å². The predicted octanol–water partition coefficient (Wildman–Crippen LogP) is 7.31. The Morgan fingerprint density at radius 3 is 2.24 bits per heavy atom. The standard InChI is InChI=1S/C38H48N2O6/c1-6-9-10-24-45-32-21-18-30(25-33(32)44-5)35-34(37(42)38(43)40(35)23-11-22-39(7-2)8-3)36(41)29-16-19-31(20-17-29)46-26-28-14-12-27(4)13-15-28/h12-21,25,35,41H,6-11,22-24,26H2,1-5H3/b36-34-. The quantitative estimate of drug-likeness (QED) is 0.0726. The van der Waals surface area contributed by atoms with Crippen molar-refractivity contribution in [2.24, 2.45) is 0 Å². The summed E-state index contributed by atoms with van der Waals surface area (Å²) in [5.41, 5.74) is 3.38. The third-order valence-electron chi connectivity index (χ3n) is 8.47. The summed E-state index contributed by atoms with van der Waals surface area (Å²) in [4.78, 5) is 31.0. The third-order valence-corrected chi connectivity index (χ3v) is 8.47. The van der Waals surface area contributed by atoms with Crippen molar-refractivity contribution >= 4 is 17.4 Å². The molecule has 246 valence electrons. The third kappa shape index (κ3) is 8.49. The number of carbonyl (C=O) groups is 2. The topological polar surface area (TPSA) is 88.5 Å². The monoisotopic (exact) mass is 628 g/mol. The highest BCUT2D eigenvalue weighted by atomic mass is 16.5. The second-order valence-electron chi connectivity index (χ2n) is 11.6. The van der Waals surface area contributed by atoms with Crippen LogP contribution in [-0.2, 0) is 16.2 Å². The first kappa shape index (κ1) is 34.6. The zero-order valence-corrected chi connectivity index (χ0v) is 27.9. The first-order valence-corrected chi connectivity index (χ1v) is 16.4. The van der Waals surface area contributed by atoms with E-state index in [-0.39, 0.29) is 11.3 Å². The molecule has 1 aliphatic rings. The summed E-state index contributed by atoms with van der Waals surface area (Å²) in [5, 5.41) is 11.6. The second kappa shape index (κ2) is 16.9. The van der Waals surface area contributed by atoms with E-state index in [9.17, 15) is 14.7 Å². The van der Waals surface area contributed by atoms with Crippen molar-refractivity contribution in [3.63, 3.8) is 0 Å². The fraction of sp³-hybridized carbons (Fsp3) is 0.421. The first-order chi connectivity index (χ1) is 22.3. The fourth-order valence-corrected chi connectivity index (χ4v) is 5.68. The van der Waals surface area contributed by atoms with Crippen LogP contribution >= 0.6 is 0 Å². The van der Waals surface area contributed by atoms with Crippen molar-refractivity contribution in [2.75, 3.05) is 39.9 Å². The molecule has 3 aromatic carbocycles. The van der Waals surface area contributed by atoms with Gasteiger partial charge in [0.05, 0.1) is 25.3 Å². The molecular formula is C38H48N2O6. The lowest BCUT2D eigenvalue weighted by Crippen LogP contribution is -2.33. The maximum atomic E-state index is 13.6. The molecule has 3 aromatic rings. The number of likely N-dealkylation sites (tertiary alicyclic amines) is 1. The highest BCUT2D eigenvalue weighted by Crippen LogP contribution is 2.42. The number of methoxy groups -OCH3 is 1. The molecule has 4 rings (SSSR count).